The van der Waals surface area contributed by atoms with E-state index in [1.165, 1.54) is 37.7 Å². The minimum Gasteiger partial charge on any atom is -0.393 e. The summed E-state index contributed by atoms with van der Waals surface area (Å²) in [6, 6.07) is 0. The van der Waals surface area contributed by atoms with E-state index in [1.54, 1.807) is 0 Å². The highest BCUT2D eigenvalue weighted by atomic mass is 16.3. The number of aliphatic hydroxyl groups excluding tert-OH is 2. The van der Waals surface area contributed by atoms with Crippen molar-refractivity contribution in [1.29, 1.82) is 0 Å². The van der Waals surface area contributed by atoms with E-state index in [1.807, 2.05) is 0 Å². The lowest BCUT2D eigenvalue weighted by Crippen LogP contribution is -2.54. The van der Waals surface area contributed by atoms with Crippen LogP contribution in [0.4, 0.5) is 0 Å². The van der Waals surface area contributed by atoms with Gasteiger partial charge >= 0.3 is 0 Å². The molecule has 31 heavy (non-hydrogen) atoms. The van der Waals surface area contributed by atoms with Gasteiger partial charge in [-0.2, -0.15) is 0 Å². The predicted octanol–water partition coefficient (Wildman–Crippen LogP) is 6.77. The predicted molar refractivity (Wildman–Crippen MR) is 130 cm³/mol. The highest BCUT2D eigenvalue weighted by Gasteiger charge is 2.61. The molecule has 0 saturated heterocycles. The third-order valence-corrected chi connectivity index (χ3v) is 10.8. The molecule has 176 valence electrons. The molecule has 10 atom stereocenters. The minimum absolute atomic E-state index is 0.194. The van der Waals surface area contributed by atoms with Gasteiger partial charge < -0.3 is 10.2 Å². The summed E-state index contributed by atoms with van der Waals surface area (Å²) in [5.74, 6) is 4.38. The molecule has 1 unspecified atom stereocenters. The van der Waals surface area contributed by atoms with Gasteiger partial charge in [0.1, 0.15) is 0 Å². The van der Waals surface area contributed by atoms with E-state index in [2.05, 4.69) is 59.8 Å². The van der Waals surface area contributed by atoms with Crippen LogP contribution in [0.5, 0.6) is 0 Å². The number of rotatable bonds is 5. The fraction of sp³-hybridized carbons (Fsp3) is 0.862. The second kappa shape index (κ2) is 8.64. The van der Waals surface area contributed by atoms with Crippen LogP contribution in [0.1, 0.15) is 92.9 Å². The molecule has 0 bridgehead atoms. The third kappa shape index (κ3) is 3.88. The minimum atomic E-state index is -0.321. The molecule has 4 aliphatic carbocycles. The van der Waals surface area contributed by atoms with Crippen LogP contribution in [0.3, 0.4) is 0 Å². The normalized spacial score (nSPS) is 46.9. The van der Waals surface area contributed by atoms with Crippen molar-refractivity contribution in [3.05, 3.63) is 23.8 Å². The monoisotopic (exact) mass is 428 g/mol. The molecule has 2 nitrogen and oxygen atoms in total. The summed E-state index contributed by atoms with van der Waals surface area (Å²) in [6.07, 6.45) is 15.9. The van der Waals surface area contributed by atoms with Gasteiger partial charge in [0.2, 0.25) is 0 Å². The molecule has 0 heterocycles. The van der Waals surface area contributed by atoms with Gasteiger partial charge in [-0.3, -0.25) is 0 Å². The molecule has 0 aliphatic heterocycles. The molecule has 3 fully saturated rings. The van der Waals surface area contributed by atoms with Crippen LogP contribution in [0.2, 0.25) is 0 Å². The maximum atomic E-state index is 11.3. The quantitative estimate of drug-likeness (QED) is 0.474. The summed E-state index contributed by atoms with van der Waals surface area (Å²) in [5.41, 5.74) is 1.90. The number of aliphatic hydroxyl groups is 2. The largest absolute Gasteiger partial charge is 0.393 e. The number of hydrogen-bond acceptors (Lipinski definition) is 2. The second-order valence-electron chi connectivity index (χ2n) is 12.6. The van der Waals surface area contributed by atoms with Crippen LogP contribution >= 0.6 is 0 Å². The van der Waals surface area contributed by atoms with Crippen LogP contribution in [-0.4, -0.2) is 22.4 Å². The average Bonchev–Trinajstić information content (AvgIpc) is 3.06. The van der Waals surface area contributed by atoms with Crippen LogP contribution < -0.4 is 0 Å². The maximum Gasteiger partial charge on any atom is 0.0757 e. The first-order valence-corrected chi connectivity index (χ1v) is 13.4. The van der Waals surface area contributed by atoms with Crippen molar-refractivity contribution in [1.82, 2.24) is 0 Å². The lowest BCUT2D eigenvalue weighted by atomic mass is 9.46. The van der Waals surface area contributed by atoms with Crippen LogP contribution in [0, 0.1) is 52.3 Å². The van der Waals surface area contributed by atoms with Crippen molar-refractivity contribution in [2.24, 2.45) is 52.3 Å². The molecule has 0 radical (unpaired) electrons. The maximum absolute atomic E-state index is 11.3. The van der Waals surface area contributed by atoms with E-state index >= 15 is 0 Å². The van der Waals surface area contributed by atoms with Crippen LogP contribution in [0.25, 0.3) is 0 Å². The summed E-state index contributed by atoms with van der Waals surface area (Å²) < 4.78 is 0. The number of fused-ring (bicyclic) bond motifs is 5. The zero-order valence-corrected chi connectivity index (χ0v) is 21.0. The first kappa shape index (κ1) is 23.6. The number of hydrogen-bond donors (Lipinski definition) is 2. The van der Waals surface area contributed by atoms with Gasteiger partial charge in [-0.15, -0.1) is 0 Å². The Morgan fingerprint density at radius 2 is 1.74 bits per heavy atom. The molecule has 0 aromatic carbocycles. The highest BCUT2D eigenvalue weighted by molar-refractivity contribution is 5.28. The van der Waals surface area contributed by atoms with Crippen molar-refractivity contribution in [2.75, 3.05) is 0 Å². The SMILES string of the molecule is CC[C@@H](/C=C/[C@@H](C)[C@H]1CC[C@H]2[C@@H]3C(O)C=C4C[C@@H](O)CC[C@]4(C)[C@H]3CC[C@]12C)C(C)C. The van der Waals surface area contributed by atoms with Crippen LogP contribution in [-0.2, 0) is 0 Å². The van der Waals surface area contributed by atoms with Crippen molar-refractivity contribution >= 4 is 0 Å². The fourth-order valence-corrected chi connectivity index (χ4v) is 8.82. The smallest absolute Gasteiger partial charge is 0.0757 e. The second-order valence-corrected chi connectivity index (χ2v) is 12.6. The van der Waals surface area contributed by atoms with Crippen molar-refractivity contribution in [3.63, 3.8) is 0 Å². The van der Waals surface area contributed by atoms with E-state index in [4.69, 9.17) is 0 Å². The summed E-state index contributed by atoms with van der Waals surface area (Å²) in [7, 11) is 0. The Morgan fingerprint density at radius 1 is 1.00 bits per heavy atom. The van der Waals surface area contributed by atoms with E-state index in [0.29, 0.717) is 40.9 Å². The van der Waals surface area contributed by atoms with Crippen molar-refractivity contribution < 1.29 is 10.2 Å². The first-order chi connectivity index (χ1) is 14.6. The molecule has 4 rings (SSSR count). The summed E-state index contributed by atoms with van der Waals surface area (Å²) >= 11 is 0. The molecule has 0 spiro atoms. The standard InChI is InChI=1S/C29H48O2/c1-7-20(18(2)3)9-8-19(4)23-10-11-24-27-25(13-15-29(23,24)6)28(5)14-12-22(30)16-21(28)17-26(27)31/h8-9,17-20,22-27,30-31H,7,10-16H2,1-6H3/b9-8+/t19-,20+,22+,23-,24+,25+,26?,27+,28+,29-/m1/s1. The molecule has 0 amide bonds. The van der Waals surface area contributed by atoms with Gasteiger partial charge in [0, 0.05) is 0 Å². The van der Waals surface area contributed by atoms with Crippen molar-refractivity contribution in [2.45, 2.75) is 105 Å². The molecule has 3 saturated carbocycles. The van der Waals surface area contributed by atoms with Gasteiger partial charge in [-0.05, 0) is 104 Å². The zero-order valence-electron chi connectivity index (χ0n) is 21.0. The summed E-state index contributed by atoms with van der Waals surface area (Å²) in [5, 5.41) is 21.6. The molecule has 2 heteroatoms. The third-order valence-electron chi connectivity index (χ3n) is 10.8. The van der Waals surface area contributed by atoms with Gasteiger partial charge in [0.05, 0.1) is 12.2 Å². The lowest BCUT2D eigenvalue weighted by Gasteiger charge is -2.59. The van der Waals surface area contributed by atoms with E-state index < -0.39 is 0 Å². The van der Waals surface area contributed by atoms with Gasteiger partial charge in [-0.25, -0.2) is 0 Å². The first-order valence-electron chi connectivity index (χ1n) is 13.4. The molecule has 2 N–H and O–H groups in total. The Bertz CT molecular complexity index is 708. The fourth-order valence-electron chi connectivity index (χ4n) is 8.82. The van der Waals surface area contributed by atoms with Gasteiger partial charge in [-0.1, -0.05) is 65.3 Å². The topological polar surface area (TPSA) is 40.5 Å². The molecule has 4 aliphatic rings. The lowest BCUT2D eigenvalue weighted by molar-refractivity contribution is -0.0950. The Hall–Kier alpha value is -0.600. The van der Waals surface area contributed by atoms with Gasteiger partial charge in [0.25, 0.3) is 0 Å². The van der Waals surface area contributed by atoms with Crippen LogP contribution in [0.15, 0.2) is 23.8 Å². The number of allylic oxidation sites excluding steroid dienone is 2. The zero-order chi connectivity index (χ0) is 22.6. The van der Waals surface area contributed by atoms with Crippen molar-refractivity contribution in [3.8, 4) is 0 Å². The molecular weight excluding hydrogens is 380 g/mol. The van der Waals surface area contributed by atoms with Gasteiger partial charge in [0.15, 0.2) is 0 Å². The summed E-state index contributed by atoms with van der Waals surface area (Å²) in [6.45, 7) is 14.5. The average molecular weight is 429 g/mol. The highest BCUT2D eigenvalue weighted by Crippen LogP contribution is 2.67. The summed E-state index contributed by atoms with van der Waals surface area (Å²) in [4.78, 5) is 0. The molecule has 0 aromatic rings. The Labute approximate surface area is 191 Å². The van der Waals surface area contributed by atoms with E-state index in [9.17, 15) is 10.2 Å². The molecular formula is C29H48O2. The Balaban J connectivity index is 1.56. The Kier molecular flexibility index (Phi) is 6.56. The molecule has 0 aromatic heterocycles. The van der Waals surface area contributed by atoms with E-state index in [-0.39, 0.29) is 17.6 Å². The van der Waals surface area contributed by atoms with E-state index in [0.717, 1.165) is 25.2 Å². The Morgan fingerprint density at radius 3 is 2.42 bits per heavy atom.